The summed E-state index contributed by atoms with van der Waals surface area (Å²) in [6.45, 7) is 6.08. The van der Waals surface area contributed by atoms with Gasteiger partial charge >= 0.3 is 0 Å². The number of fused-ring (bicyclic) bond motifs is 1. The molecule has 0 aliphatic heterocycles. The molecule has 2 rings (SSSR count). The van der Waals surface area contributed by atoms with Crippen molar-refractivity contribution in [3.63, 3.8) is 0 Å². The molecule has 0 saturated carbocycles. The smallest absolute Gasteiger partial charge is 0.178 e. The number of rotatable bonds is 4. The molecule has 1 N–H and O–H groups in total. The second-order valence-corrected chi connectivity index (χ2v) is 7.75. The van der Waals surface area contributed by atoms with Gasteiger partial charge in [-0.25, -0.2) is 4.39 Å². The van der Waals surface area contributed by atoms with Crippen molar-refractivity contribution in [2.45, 2.75) is 20.4 Å². The maximum atomic E-state index is 13.8. The van der Waals surface area contributed by atoms with Gasteiger partial charge in [-0.15, -0.1) is 0 Å². The van der Waals surface area contributed by atoms with Crippen LogP contribution in [0.1, 0.15) is 13.8 Å². The third kappa shape index (κ3) is 3.40. The Kier molecular flexibility index (Phi) is 4.56. The number of hydrogen-bond donors (Lipinski definition) is 1. The summed E-state index contributed by atoms with van der Waals surface area (Å²) in [7, 11) is 4.11. The van der Waals surface area contributed by atoms with Crippen LogP contribution in [0.2, 0.25) is 0 Å². The van der Waals surface area contributed by atoms with E-state index in [9.17, 15) is 4.39 Å². The molecular weight excluding hydrogens is 388 g/mol. The van der Waals surface area contributed by atoms with Crippen LogP contribution in [0, 0.1) is 19.6 Å². The summed E-state index contributed by atoms with van der Waals surface area (Å²) in [5.41, 5.74) is 1.78. The van der Waals surface area contributed by atoms with Crippen LogP contribution in [0.5, 0.6) is 0 Å². The molecule has 0 fully saturated rings. The minimum atomic E-state index is -0.203. The predicted octanol–water partition coefficient (Wildman–Crippen LogP) is 4.03. The van der Waals surface area contributed by atoms with E-state index in [0.717, 1.165) is 24.1 Å². The van der Waals surface area contributed by atoms with Gasteiger partial charge in [0.05, 0.1) is 14.6 Å². The predicted molar refractivity (Wildman–Crippen MR) is 92.1 cm³/mol. The number of nitrogens with one attached hydrogen (secondary N) is 1. The summed E-state index contributed by atoms with van der Waals surface area (Å²) in [5.74, 6) is -0.203. The third-order valence-corrected chi connectivity index (χ3v) is 4.30. The van der Waals surface area contributed by atoms with Gasteiger partial charge in [-0.2, -0.15) is 0 Å². The fourth-order valence-electron chi connectivity index (χ4n) is 2.64. The van der Waals surface area contributed by atoms with E-state index in [1.54, 1.807) is 12.1 Å². The minimum Gasteiger partial charge on any atom is -0.331 e. The van der Waals surface area contributed by atoms with E-state index in [-0.39, 0.29) is 11.2 Å². The molecule has 0 atom stereocenters. The quantitative estimate of drug-likeness (QED) is 0.611. The van der Waals surface area contributed by atoms with Gasteiger partial charge in [-0.05, 0) is 60.4 Å². The lowest BCUT2D eigenvalue weighted by Gasteiger charge is -2.28. The standard InChI is InChI=1S/C14H19FIN3S/c1-14(2,7-18(3)4)8-19-12-5-9(15)10(16)6-11(12)17-13(19)20/h5-6H,7-8H2,1-4H3,(H,17,20). The number of imidazole rings is 1. The molecular formula is C14H19FIN3S. The van der Waals surface area contributed by atoms with Crippen molar-refractivity contribution in [3.05, 3.63) is 26.3 Å². The molecule has 0 amide bonds. The molecule has 0 radical (unpaired) electrons. The lowest BCUT2D eigenvalue weighted by atomic mass is 9.93. The van der Waals surface area contributed by atoms with Crippen LogP contribution >= 0.6 is 34.8 Å². The fourth-order valence-corrected chi connectivity index (χ4v) is 3.38. The van der Waals surface area contributed by atoms with Crippen LogP contribution in [0.15, 0.2) is 12.1 Å². The average Bonchev–Trinajstić information content (AvgIpc) is 2.54. The van der Waals surface area contributed by atoms with E-state index >= 15 is 0 Å². The Labute approximate surface area is 137 Å². The fraction of sp³-hybridized carbons (Fsp3) is 0.500. The number of hydrogen-bond acceptors (Lipinski definition) is 2. The number of benzene rings is 1. The van der Waals surface area contributed by atoms with E-state index < -0.39 is 0 Å². The molecule has 0 bridgehead atoms. The first-order chi connectivity index (χ1) is 9.19. The summed E-state index contributed by atoms with van der Waals surface area (Å²) in [4.78, 5) is 5.32. The summed E-state index contributed by atoms with van der Waals surface area (Å²) in [6, 6.07) is 3.37. The normalized spacial score (nSPS) is 12.6. The summed E-state index contributed by atoms with van der Waals surface area (Å²) >= 11 is 7.38. The zero-order valence-electron chi connectivity index (χ0n) is 12.1. The van der Waals surface area contributed by atoms with Crippen LogP contribution in [0.4, 0.5) is 4.39 Å². The summed E-state index contributed by atoms with van der Waals surface area (Å²) < 4.78 is 17.0. The lowest BCUT2D eigenvalue weighted by Crippen LogP contribution is -2.32. The highest BCUT2D eigenvalue weighted by Crippen LogP contribution is 2.25. The Hall–Kier alpha value is -0.470. The van der Waals surface area contributed by atoms with Gasteiger partial charge in [-0.1, -0.05) is 13.8 Å². The van der Waals surface area contributed by atoms with E-state index in [0.29, 0.717) is 8.34 Å². The zero-order valence-corrected chi connectivity index (χ0v) is 15.1. The molecule has 0 saturated heterocycles. The summed E-state index contributed by atoms with van der Waals surface area (Å²) in [5, 5.41) is 0. The second-order valence-electron chi connectivity index (χ2n) is 6.20. The van der Waals surface area contributed by atoms with Gasteiger partial charge < -0.3 is 14.5 Å². The molecule has 0 unspecified atom stereocenters. The van der Waals surface area contributed by atoms with Crippen molar-refractivity contribution in [2.24, 2.45) is 5.41 Å². The number of aromatic amines is 1. The zero-order chi connectivity index (χ0) is 15.1. The van der Waals surface area contributed by atoms with Crippen molar-refractivity contribution in [3.8, 4) is 0 Å². The second kappa shape index (κ2) is 5.73. The maximum absolute atomic E-state index is 13.8. The van der Waals surface area contributed by atoms with Gasteiger partial charge in [0.15, 0.2) is 4.77 Å². The number of nitrogens with zero attached hydrogens (tertiary/aromatic N) is 2. The largest absolute Gasteiger partial charge is 0.331 e. The van der Waals surface area contributed by atoms with Crippen LogP contribution in [0.25, 0.3) is 11.0 Å². The molecule has 20 heavy (non-hydrogen) atoms. The maximum Gasteiger partial charge on any atom is 0.178 e. The SMILES string of the molecule is CN(C)CC(C)(C)Cn1c(=S)[nH]c2cc(I)c(F)cc21. The minimum absolute atomic E-state index is 0.0519. The van der Waals surface area contributed by atoms with Gasteiger partial charge in [0.25, 0.3) is 0 Å². The Balaban J connectivity index is 2.47. The summed E-state index contributed by atoms with van der Waals surface area (Å²) in [6.07, 6.45) is 0. The molecule has 2 aromatic rings. The molecule has 1 heterocycles. The van der Waals surface area contributed by atoms with Crippen molar-refractivity contribution in [1.82, 2.24) is 14.5 Å². The van der Waals surface area contributed by atoms with E-state index in [2.05, 4.69) is 37.8 Å². The topological polar surface area (TPSA) is 24.0 Å². The van der Waals surface area contributed by atoms with Crippen molar-refractivity contribution < 1.29 is 4.39 Å². The lowest BCUT2D eigenvalue weighted by molar-refractivity contribution is 0.212. The van der Waals surface area contributed by atoms with Gasteiger partial charge in [0, 0.05) is 19.2 Å². The first-order valence-corrected chi connectivity index (χ1v) is 7.90. The molecule has 1 aromatic carbocycles. The van der Waals surface area contributed by atoms with E-state index in [1.807, 2.05) is 27.2 Å². The Morgan fingerprint density at radius 1 is 1.40 bits per heavy atom. The van der Waals surface area contributed by atoms with Gasteiger partial charge in [-0.3, -0.25) is 0 Å². The van der Waals surface area contributed by atoms with Gasteiger partial charge in [0.1, 0.15) is 5.82 Å². The molecule has 0 aliphatic carbocycles. The highest BCUT2D eigenvalue weighted by atomic mass is 127. The van der Waals surface area contributed by atoms with Crippen LogP contribution < -0.4 is 0 Å². The monoisotopic (exact) mass is 407 g/mol. The van der Waals surface area contributed by atoms with Crippen LogP contribution in [-0.4, -0.2) is 35.1 Å². The molecule has 3 nitrogen and oxygen atoms in total. The van der Waals surface area contributed by atoms with Gasteiger partial charge in [0.2, 0.25) is 0 Å². The number of halogens is 2. The molecule has 0 aliphatic rings. The average molecular weight is 407 g/mol. The number of aromatic nitrogens is 2. The first-order valence-electron chi connectivity index (χ1n) is 6.42. The Morgan fingerprint density at radius 3 is 2.65 bits per heavy atom. The highest BCUT2D eigenvalue weighted by Gasteiger charge is 2.21. The highest BCUT2D eigenvalue weighted by molar-refractivity contribution is 14.1. The van der Waals surface area contributed by atoms with E-state index in [4.69, 9.17) is 12.2 Å². The van der Waals surface area contributed by atoms with Crippen molar-refractivity contribution in [1.29, 1.82) is 0 Å². The first kappa shape index (κ1) is 15.9. The van der Waals surface area contributed by atoms with Crippen molar-refractivity contribution in [2.75, 3.05) is 20.6 Å². The molecule has 110 valence electrons. The molecule has 6 heteroatoms. The molecule has 0 spiro atoms. The van der Waals surface area contributed by atoms with Crippen LogP contribution in [-0.2, 0) is 6.54 Å². The number of H-pyrrole nitrogens is 1. The Morgan fingerprint density at radius 2 is 2.05 bits per heavy atom. The van der Waals surface area contributed by atoms with E-state index in [1.165, 1.54) is 0 Å². The third-order valence-electron chi connectivity index (χ3n) is 3.15. The van der Waals surface area contributed by atoms with Crippen molar-refractivity contribution >= 4 is 45.8 Å². The molecule has 1 aromatic heterocycles. The van der Waals surface area contributed by atoms with Crippen LogP contribution in [0.3, 0.4) is 0 Å². The Bertz CT molecular complexity index is 688.